The highest BCUT2D eigenvalue weighted by atomic mass is 16.1. The number of para-hydroxylation sites is 1. The Hall–Kier alpha value is -1.90. The van der Waals surface area contributed by atoms with E-state index in [2.05, 4.69) is 12.0 Å². The van der Waals surface area contributed by atoms with E-state index in [1.165, 1.54) is 12.8 Å². The van der Waals surface area contributed by atoms with E-state index in [0.717, 1.165) is 24.1 Å². The first kappa shape index (κ1) is 13.1. The van der Waals surface area contributed by atoms with Gasteiger partial charge in [0.1, 0.15) is 0 Å². The van der Waals surface area contributed by atoms with Crippen molar-refractivity contribution >= 4 is 5.78 Å². The van der Waals surface area contributed by atoms with Gasteiger partial charge in [-0.05, 0) is 30.9 Å². The molecule has 3 rings (SSSR count). The highest BCUT2D eigenvalue weighted by Crippen LogP contribution is 2.30. The van der Waals surface area contributed by atoms with E-state index in [-0.39, 0.29) is 11.7 Å². The second-order valence-corrected chi connectivity index (χ2v) is 5.84. The van der Waals surface area contributed by atoms with Gasteiger partial charge in [-0.15, -0.1) is 0 Å². The molecule has 1 aliphatic carbocycles. The van der Waals surface area contributed by atoms with Gasteiger partial charge in [-0.2, -0.15) is 5.10 Å². The predicted octanol–water partition coefficient (Wildman–Crippen LogP) is 3.88. The van der Waals surface area contributed by atoms with Crippen LogP contribution in [0.5, 0.6) is 0 Å². The van der Waals surface area contributed by atoms with Gasteiger partial charge in [0.25, 0.3) is 0 Å². The summed E-state index contributed by atoms with van der Waals surface area (Å²) >= 11 is 0. The van der Waals surface area contributed by atoms with Crippen molar-refractivity contribution in [3.8, 4) is 5.69 Å². The fraction of sp³-hybridized carbons (Fsp3) is 0.412. The summed E-state index contributed by atoms with van der Waals surface area (Å²) in [5.41, 5.74) is 1.73. The van der Waals surface area contributed by atoms with Crippen molar-refractivity contribution in [2.75, 3.05) is 0 Å². The van der Waals surface area contributed by atoms with Crippen molar-refractivity contribution in [3.63, 3.8) is 0 Å². The van der Waals surface area contributed by atoms with Gasteiger partial charge in [0.05, 0.1) is 17.4 Å². The minimum absolute atomic E-state index is 0.187. The van der Waals surface area contributed by atoms with Crippen LogP contribution in [0.25, 0.3) is 5.69 Å². The molecule has 2 unspecified atom stereocenters. The lowest BCUT2D eigenvalue weighted by atomic mass is 9.79. The van der Waals surface area contributed by atoms with Crippen LogP contribution in [-0.2, 0) is 0 Å². The number of carbonyl (C=O) groups excluding carboxylic acids is 1. The second kappa shape index (κ2) is 5.61. The second-order valence-electron chi connectivity index (χ2n) is 5.84. The Morgan fingerprint density at radius 1 is 1.25 bits per heavy atom. The van der Waals surface area contributed by atoms with Crippen LogP contribution in [-0.4, -0.2) is 15.6 Å². The Morgan fingerprint density at radius 3 is 2.80 bits per heavy atom. The zero-order valence-corrected chi connectivity index (χ0v) is 11.8. The molecule has 0 bridgehead atoms. The fourth-order valence-electron chi connectivity index (χ4n) is 3.08. The Bertz CT molecular complexity index is 588. The normalized spacial score (nSPS) is 22.6. The van der Waals surface area contributed by atoms with Gasteiger partial charge in [0, 0.05) is 12.1 Å². The summed E-state index contributed by atoms with van der Waals surface area (Å²) in [4.78, 5) is 12.5. The van der Waals surface area contributed by atoms with Crippen LogP contribution in [0.15, 0.2) is 42.7 Å². The number of ketones is 1. The van der Waals surface area contributed by atoms with E-state index in [4.69, 9.17) is 0 Å². The average molecular weight is 268 g/mol. The van der Waals surface area contributed by atoms with Gasteiger partial charge in [-0.25, -0.2) is 4.68 Å². The third kappa shape index (κ3) is 2.67. The molecule has 1 aliphatic rings. The van der Waals surface area contributed by atoms with Crippen LogP contribution >= 0.6 is 0 Å². The molecule has 0 radical (unpaired) electrons. The Kier molecular flexibility index (Phi) is 3.68. The number of hydrogen-bond acceptors (Lipinski definition) is 2. The van der Waals surface area contributed by atoms with Crippen LogP contribution in [0.1, 0.15) is 43.0 Å². The van der Waals surface area contributed by atoms with Gasteiger partial charge < -0.3 is 0 Å². The number of Topliss-reactive ketones (excluding diaryl/α,β-unsaturated/α-hetero) is 1. The quantitative estimate of drug-likeness (QED) is 0.792. The standard InChI is InChI=1S/C17H20N2O/c1-13-6-5-7-14(10-13)17(20)15-11-18-19(12-15)16-8-3-2-4-9-16/h2-4,8-9,11-14H,5-7,10H2,1H3. The van der Waals surface area contributed by atoms with Gasteiger partial charge in [-0.3, -0.25) is 4.79 Å². The highest BCUT2D eigenvalue weighted by Gasteiger charge is 2.26. The van der Waals surface area contributed by atoms with Gasteiger partial charge in [-0.1, -0.05) is 38.0 Å². The topological polar surface area (TPSA) is 34.9 Å². The molecule has 20 heavy (non-hydrogen) atoms. The molecular formula is C17H20N2O. The summed E-state index contributed by atoms with van der Waals surface area (Å²) < 4.78 is 1.78. The lowest BCUT2D eigenvalue weighted by molar-refractivity contribution is 0.0868. The third-order valence-electron chi connectivity index (χ3n) is 4.20. The molecule has 104 valence electrons. The summed E-state index contributed by atoms with van der Waals surface area (Å²) in [6, 6.07) is 9.90. The van der Waals surface area contributed by atoms with Crippen LogP contribution in [0, 0.1) is 11.8 Å². The minimum atomic E-state index is 0.187. The summed E-state index contributed by atoms with van der Waals surface area (Å²) in [6.07, 6.45) is 8.04. The first-order valence-corrected chi connectivity index (χ1v) is 7.38. The van der Waals surface area contributed by atoms with E-state index in [1.807, 2.05) is 36.5 Å². The Morgan fingerprint density at radius 2 is 2.05 bits per heavy atom. The molecule has 2 aromatic rings. The molecule has 1 saturated carbocycles. The molecular weight excluding hydrogens is 248 g/mol. The van der Waals surface area contributed by atoms with E-state index < -0.39 is 0 Å². The van der Waals surface area contributed by atoms with E-state index in [1.54, 1.807) is 10.9 Å². The maximum Gasteiger partial charge on any atom is 0.169 e. The van der Waals surface area contributed by atoms with Gasteiger partial charge in [0.15, 0.2) is 5.78 Å². The molecule has 3 nitrogen and oxygen atoms in total. The third-order valence-corrected chi connectivity index (χ3v) is 4.20. The lowest BCUT2D eigenvalue weighted by Gasteiger charge is -2.25. The highest BCUT2D eigenvalue weighted by molar-refractivity contribution is 5.97. The Balaban J connectivity index is 1.78. The van der Waals surface area contributed by atoms with Gasteiger partial charge >= 0.3 is 0 Å². The summed E-state index contributed by atoms with van der Waals surface area (Å²) in [6.45, 7) is 2.24. The van der Waals surface area contributed by atoms with E-state index >= 15 is 0 Å². The predicted molar refractivity (Wildman–Crippen MR) is 79.0 cm³/mol. The zero-order valence-electron chi connectivity index (χ0n) is 11.8. The lowest BCUT2D eigenvalue weighted by Crippen LogP contribution is -2.21. The van der Waals surface area contributed by atoms with Crippen molar-refractivity contribution in [3.05, 3.63) is 48.3 Å². The zero-order chi connectivity index (χ0) is 13.9. The molecule has 0 saturated heterocycles. The van der Waals surface area contributed by atoms with Crippen molar-refractivity contribution in [1.82, 2.24) is 9.78 Å². The maximum atomic E-state index is 12.5. The minimum Gasteiger partial charge on any atom is -0.294 e. The summed E-state index contributed by atoms with van der Waals surface area (Å²) in [7, 11) is 0. The number of aromatic nitrogens is 2. The van der Waals surface area contributed by atoms with Crippen molar-refractivity contribution < 1.29 is 4.79 Å². The first-order chi connectivity index (χ1) is 9.74. The molecule has 3 heteroatoms. The van der Waals surface area contributed by atoms with Crippen LogP contribution in [0.3, 0.4) is 0 Å². The molecule has 1 aromatic heterocycles. The first-order valence-electron chi connectivity index (χ1n) is 7.38. The molecule has 0 spiro atoms. The van der Waals surface area contributed by atoms with Crippen LogP contribution in [0.4, 0.5) is 0 Å². The van der Waals surface area contributed by atoms with E-state index in [0.29, 0.717) is 5.92 Å². The van der Waals surface area contributed by atoms with Crippen molar-refractivity contribution in [2.24, 2.45) is 11.8 Å². The smallest absolute Gasteiger partial charge is 0.169 e. The van der Waals surface area contributed by atoms with Crippen LogP contribution < -0.4 is 0 Å². The van der Waals surface area contributed by atoms with Gasteiger partial charge in [0.2, 0.25) is 0 Å². The molecule has 0 N–H and O–H groups in total. The number of carbonyl (C=O) groups is 1. The van der Waals surface area contributed by atoms with Crippen LogP contribution in [0.2, 0.25) is 0 Å². The maximum absolute atomic E-state index is 12.5. The molecule has 1 aromatic carbocycles. The van der Waals surface area contributed by atoms with E-state index in [9.17, 15) is 4.79 Å². The molecule has 2 atom stereocenters. The summed E-state index contributed by atoms with van der Waals surface area (Å²) in [5, 5.41) is 4.32. The number of nitrogens with zero attached hydrogens (tertiary/aromatic N) is 2. The van der Waals surface area contributed by atoms with Crippen molar-refractivity contribution in [1.29, 1.82) is 0 Å². The number of hydrogen-bond donors (Lipinski definition) is 0. The largest absolute Gasteiger partial charge is 0.294 e. The molecule has 1 fully saturated rings. The van der Waals surface area contributed by atoms with Crippen molar-refractivity contribution in [2.45, 2.75) is 32.6 Å². The average Bonchev–Trinajstić information content (AvgIpc) is 2.97. The number of benzene rings is 1. The molecule has 0 amide bonds. The SMILES string of the molecule is CC1CCCC(C(=O)c2cnn(-c3ccccc3)c2)C1. The number of rotatable bonds is 3. The molecule has 1 heterocycles. The molecule has 0 aliphatic heterocycles. The monoisotopic (exact) mass is 268 g/mol. The Labute approximate surface area is 119 Å². The summed E-state index contributed by atoms with van der Waals surface area (Å²) in [5.74, 6) is 1.12. The fourth-order valence-corrected chi connectivity index (χ4v) is 3.08.